The molecule has 3 nitrogen and oxygen atoms in total. The number of hydrogen-bond donors (Lipinski definition) is 1. The molecule has 112 valence electrons. The molecule has 1 aromatic carbocycles. The van der Waals surface area contributed by atoms with Crippen LogP contribution in [0.1, 0.15) is 54.4 Å². The van der Waals surface area contributed by atoms with E-state index in [0.29, 0.717) is 0 Å². The molecular weight excluding hydrogens is 258 g/mol. The second kappa shape index (κ2) is 7.32. The van der Waals surface area contributed by atoms with Gasteiger partial charge in [-0.25, -0.2) is 0 Å². The third-order valence-electron chi connectivity index (χ3n) is 3.74. The molecule has 1 aromatic heterocycles. The highest BCUT2D eigenvalue weighted by Crippen LogP contribution is 2.25. The van der Waals surface area contributed by atoms with Gasteiger partial charge in [-0.05, 0) is 56.0 Å². The van der Waals surface area contributed by atoms with Gasteiger partial charge in [0.1, 0.15) is 0 Å². The summed E-state index contributed by atoms with van der Waals surface area (Å²) in [5, 5.41) is 12.1. The molecule has 0 fully saturated rings. The van der Waals surface area contributed by atoms with Crippen molar-refractivity contribution >= 4 is 0 Å². The Bertz CT molecular complexity index is 593. The number of rotatable bonds is 6. The molecule has 0 saturated heterocycles. The number of nitrogens with zero attached hydrogens (tertiary/aromatic N) is 2. The van der Waals surface area contributed by atoms with Crippen LogP contribution in [0.25, 0.3) is 0 Å². The van der Waals surface area contributed by atoms with Crippen LogP contribution in [-0.4, -0.2) is 16.7 Å². The maximum Gasteiger partial charge on any atom is 0.0651 e. The maximum atomic E-state index is 4.29. The largest absolute Gasteiger partial charge is 0.306 e. The first kappa shape index (κ1) is 15.6. The molecule has 1 heterocycles. The quantitative estimate of drug-likeness (QED) is 0.877. The van der Waals surface area contributed by atoms with Gasteiger partial charge in [0.25, 0.3) is 0 Å². The Balaban J connectivity index is 2.44. The zero-order valence-electron chi connectivity index (χ0n) is 13.5. The Morgan fingerprint density at radius 1 is 1.10 bits per heavy atom. The van der Waals surface area contributed by atoms with Crippen LogP contribution in [0.2, 0.25) is 0 Å². The second-order valence-corrected chi connectivity index (χ2v) is 5.51. The van der Waals surface area contributed by atoms with E-state index in [9.17, 15) is 0 Å². The summed E-state index contributed by atoms with van der Waals surface area (Å²) in [7, 11) is 0. The van der Waals surface area contributed by atoms with Crippen LogP contribution in [0, 0.1) is 13.8 Å². The molecule has 1 N–H and O–H groups in total. The molecule has 0 aliphatic heterocycles. The number of nitrogens with one attached hydrogen (secondary N) is 1. The average molecular weight is 283 g/mol. The van der Waals surface area contributed by atoms with Crippen LogP contribution < -0.4 is 5.32 Å². The highest BCUT2D eigenvalue weighted by atomic mass is 15.1. The molecule has 0 spiro atoms. The highest BCUT2D eigenvalue weighted by molar-refractivity contribution is 5.36. The first-order chi connectivity index (χ1) is 10.2. The summed E-state index contributed by atoms with van der Waals surface area (Å²) in [6.45, 7) is 9.40. The third-order valence-corrected chi connectivity index (χ3v) is 3.74. The topological polar surface area (TPSA) is 37.8 Å². The number of aromatic nitrogens is 2. The van der Waals surface area contributed by atoms with E-state index in [1.165, 1.54) is 16.7 Å². The van der Waals surface area contributed by atoms with Crippen LogP contribution in [0.5, 0.6) is 0 Å². The Hall–Kier alpha value is -1.74. The number of hydrogen-bond acceptors (Lipinski definition) is 3. The fraction of sp³-hybridized carbons (Fsp3) is 0.444. The van der Waals surface area contributed by atoms with Gasteiger partial charge in [-0.15, -0.1) is 0 Å². The molecule has 2 aromatic rings. The highest BCUT2D eigenvalue weighted by Gasteiger charge is 2.17. The van der Waals surface area contributed by atoms with Crippen LogP contribution in [0.3, 0.4) is 0 Å². The Morgan fingerprint density at radius 3 is 2.62 bits per heavy atom. The van der Waals surface area contributed by atoms with E-state index >= 15 is 0 Å². The molecule has 2 rings (SSSR count). The maximum absolute atomic E-state index is 4.29. The fourth-order valence-electron chi connectivity index (χ4n) is 2.55. The van der Waals surface area contributed by atoms with E-state index < -0.39 is 0 Å². The normalized spacial score (nSPS) is 12.4. The van der Waals surface area contributed by atoms with Crippen molar-refractivity contribution in [3.63, 3.8) is 0 Å². The Labute approximate surface area is 127 Å². The van der Waals surface area contributed by atoms with E-state index in [0.717, 1.165) is 30.8 Å². The first-order valence-corrected chi connectivity index (χ1v) is 7.78. The van der Waals surface area contributed by atoms with Gasteiger partial charge in [0.05, 0.1) is 17.4 Å². The summed E-state index contributed by atoms with van der Waals surface area (Å²) in [5.74, 6) is 0. The lowest BCUT2D eigenvalue weighted by molar-refractivity contribution is 0.590. The van der Waals surface area contributed by atoms with E-state index in [2.05, 4.69) is 59.7 Å². The minimum atomic E-state index is 0.186. The van der Waals surface area contributed by atoms with Crippen LogP contribution in [0.4, 0.5) is 0 Å². The smallest absolute Gasteiger partial charge is 0.0651 e. The molecule has 1 atom stereocenters. The molecule has 0 aliphatic carbocycles. The van der Waals surface area contributed by atoms with Crippen molar-refractivity contribution in [3.05, 3.63) is 58.4 Å². The molecule has 0 saturated carbocycles. The van der Waals surface area contributed by atoms with Crippen molar-refractivity contribution in [2.75, 3.05) is 6.54 Å². The predicted octanol–water partition coefficient (Wildman–Crippen LogP) is 3.74. The molecule has 0 aliphatic rings. The Morgan fingerprint density at radius 2 is 1.90 bits per heavy atom. The van der Waals surface area contributed by atoms with Gasteiger partial charge in [0.2, 0.25) is 0 Å². The summed E-state index contributed by atoms with van der Waals surface area (Å²) in [4.78, 5) is 0. The van der Waals surface area contributed by atoms with Gasteiger partial charge in [-0.3, -0.25) is 0 Å². The molecule has 0 radical (unpaired) electrons. The molecule has 0 bridgehead atoms. The second-order valence-electron chi connectivity index (χ2n) is 5.51. The van der Waals surface area contributed by atoms with E-state index in [1.807, 2.05) is 13.8 Å². The molecule has 1 unspecified atom stereocenters. The van der Waals surface area contributed by atoms with Gasteiger partial charge in [-0.2, -0.15) is 10.2 Å². The first-order valence-electron chi connectivity index (χ1n) is 7.78. The van der Waals surface area contributed by atoms with E-state index in [4.69, 9.17) is 0 Å². The third kappa shape index (κ3) is 3.88. The summed E-state index contributed by atoms with van der Waals surface area (Å²) in [5.41, 5.74) is 5.86. The van der Waals surface area contributed by atoms with Gasteiger partial charge >= 0.3 is 0 Å². The predicted molar refractivity (Wildman–Crippen MR) is 87.5 cm³/mol. The van der Waals surface area contributed by atoms with Crippen LogP contribution >= 0.6 is 0 Å². The van der Waals surface area contributed by atoms with Crippen molar-refractivity contribution in [2.45, 2.75) is 46.6 Å². The number of aryl methyl sites for hydroxylation is 3. The van der Waals surface area contributed by atoms with E-state index in [-0.39, 0.29) is 6.04 Å². The molecule has 3 heteroatoms. The van der Waals surface area contributed by atoms with Gasteiger partial charge < -0.3 is 5.32 Å². The summed E-state index contributed by atoms with van der Waals surface area (Å²) in [6.07, 6.45) is 2.17. The van der Waals surface area contributed by atoms with Crippen molar-refractivity contribution in [2.24, 2.45) is 0 Å². The standard InChI is InChI=1S/C18H25N3/c1-5-10-19-18(16-9-7-8-15(6-2)12-16)17-11-13(3)20-21-14(17)4/h7-9,11-12,18-19H,5-6,10H2,1-4H3. The van der Waals surface area contributed by atoms with Crippen LogP contribution in [0.15, 0.2) is 30.3 Å². The molecule has 21 heavy (non-hydrogen) atoms. The summed E-state index contributed by atoms with van der Waals surface area (Å²) >= 11 is 0. The molecular formula is C18H25N3. The van der Waals surface area contributed by atoms with Crippen LogP contribution in [-0.2, 0) is 6.42 Å². The number of benzene rings is 1. The zero-order valence-corrected chi connectivity index (χ0v) is 13.5. The van der Waals surface area contributed by atoms with Gasteiger partial charge in [-0.1, -0.05) is 38.1 Å². The fourth-order valence-corrected chi connectivity index (χ4v) is 2.55. The van der Waals surface area contributed by atoms with E-state index in [1.54, 1.807) is 0 Å². The van der Waals surface area contributed by atoms with Crippen molar-refractivity contribution < 1.29 is 0 Å². The monoisotopic (exact) mass is 283 g/mol. The summed E-state index contributed by atoms with van der Waals surface area (Å²) in [6, 6.07) is 11.2. The Kier molecular flexibility index (Phi) is 5.45. The van der Waals surface area contributed by atoms with Gasteiger partial charge in [0.15, 0.2) is 0 Å². The lowest BCUT2D eigenvalue weighted by Gasteiger charge is -2.21. The lowest BCUT2D eigenvalue weighted by atomic mass is 9.95. The lowest BCUT2D eigenvalue weighted by Crippen LogP contribution is -2.24. The average Bonchev–Trinajstić information content (AvgIpc) is 2.51. The van der Waals surface area contributed by atoms with Crippen molar-refractivity contribution in [1.29, 1.82) is 0 Å². The molecule has 0 amide bonds. The van der Waals surface area contributed by atoms with Crippen molar-refractivity contribution in [1.82, 2.24) is 15.5 Å². The zero-order chi connectivity index (χ0) is 15.2. The minimum absolute atomic E-state index is 0.186. The minimum Gasteiger partial charge on any atom is -0.306 e. The SMILES string of the molecule is CCCNC(c1cccc(CC)c1)c1cc(C)nnc1C. The summed E-state index contributed by atoms with van der Waals surface area (Å²) < 4.78 is 0. The van der Waals surface area contributed by atoms with Gasteiger partial charge in [0, 0.05) is 0 Å². The van der Waals surface area contributed by atoms with Crippen molar-refractivity contribution in [3.8, 4) is 0 Å².